The molecular weight excluding hydrogens is 295 g/mol. The molecule has 0 atom stereocenters. The topological polar surface area (TPSA) is 39.2 Å². The lowest BCUT2D eigenvalue weighted by molar-refractivity contribution is -0.274. The molecule has 0 bridgehead atoms. The average molecular weight is 302 g/mol. The van der Waals surface area contributed by atoms with Crippen LogP contribution in [0.2, 0.25) is 5.02 Å². The maximum absolute atomic E-state index is 12.3. The van der Waals surface area contributed by atoms with Gasteiger partial charge in [0, 0.05) is 18.0 Å². The van der Waals surface area contributed by atoms with Crippen LogP contribution in [0.5, 0.6) is 5.75 Å². The second kappa shape index (κ2) is 5.50. The van der Waals surface area contributed by atoms with E-state index in [4.69, 9.17) is 11.6 Å². The molecule has 104 valence electrons. The van der Waals surface area contributed by atoms with Gasteiger partial charge in [0.15, 0.2) is 5.78 Å². The van der Waals surface area contributed by atoms with Gasteiger partial charge in [-0.15, -0.1) is 13.2 Å². The van der Waals surface area contributed by atoms with Crippen molar-refractivity contribution in [3.63, 3.8) is 0 Å². The largest absolute Gasteiger partial charge is 0.573 e. The molecule has 1 aromatic carbocycles. The summed E-state index contributed by atoms with van der Waals surface area (Å²) in [7, 11) is 0. The van der Waals surface area contributed by atoms with Crippen LogP contribution in [0.3, 0.4) is 0 Å². The molecule has 2 aromatic rings. The summed E-state index contributed by atoms with van der Waals surface area (Å²) in [6.07, 6.45) is -2.23. The van der Waals surface area contributed by atoms with Gasteiger partial charge in [-0.1, -0.05) is 17.7 Å². The fourth-order valence-corrected chi connectivity index (χ4v) is 1.83. The second-order valence-electron chi connectivity index (χ2n) is 3.73. The molecule has 0 aliphatic heterocycles. The van der Waals surface area contributed by atoms with E-state index in [-0.39, 0.29) is 16.1 Å². The van der Waals surface area contributed by atoms with Crippen LogP contribution in [0.1, 0.15) is 15.9 Å². The highest BCUT2D eigenvalue weighted by Gasteiger charge is 2.33. The fraction of sp³-hybridized carbons (Fsp3) is 0.0769. The van der Waals surface area contributed by atoms with Crippen LogP contribution in [0.25, 0.3) is 0 Å². The number of carbonyl (C=O) groups is 1. The zero-order valence-electron chi connectivity index (χ0n) is 9.82. The average Bonchev–Trinajstić information content (AvgIpc) is 2.37. The number of rotatable bonds is 3. The highest BCUT2D eigenvalue weighted by atomic mass is 35.5. The predicted molar refractivity (Wildman–Crippen MR) is 65.8 cm³/mol. The van der Waals surface area contributed by atoms with E-state index in [1.165, 1.54) is 36.7 Å². The Labute approximate surface area is 117 Å². The molecule has 3 nitrogen and oxygen atoms in total. The summed E-state index contributed by atoms with van der Waals surface area (Å²) in [6.45, 7) is 0. The quantitative estimate of drug-likeness (QED) is 0.808. The van der Waals surface area contributed by atoms with E-state index in [9.17, 15) is 18.0 Å². The Bertz CT molecular complexity index is 629. The van der Waals surface area contributed by atoms with Gasteiger partial charge in [-0.3, -0.25) is 9.78 Å². The molecule has 0 spiro atoms. The number of nitrogens with zero attached hydrogens (tertiary/aromatic N) is 1. The number of halogens is 4. The maximum Gasteiger partial charge on any atom is 0.573 e. The van der Waals surface area contributed by atoms with E-state index >= 15 is 0 Å². The first-order chi connectivity index (χ1) is 9.38. The van der Waals surface area contributed by atoms with Gasteiger partial charge in [0.2, 0.25) is 0 Å². The summed E-state index contributed by atoms with van der Waals surface area (Å²) >= 11 is 5.81. The van der Waals surface area contributed by atoms with E-state index in [1.54, 1.807) is 0 Å². The van der Waals surface area contributed by atoms with Crippen LogP contribution in [0.4, 0.5) is 13.2 Å². The number of alkyl halides is 3. The summed E-state index contributed by atoms with van der Waals surface area (Å²) in [6, 6.07) is 6.53. The molecule has 20 heavy (non-hydrogen) atoms. The monoisotopic (exact) mass is 301 g/mol. The number of carbonyl (C=O) groups excluding carboxylic acids is 1. The van der Waals surface area contributed by atoms with Crippen molar-refractivity contribution in [2.75, 3.05) is 0 Å². The Kier molecular flexibility index (Phi) is 3.94. The molecule has 7 heteroatoms. The van der Waals surface area contributed by atoms with Gasteiger partial charge in [-0.25, -0.2) is 0 Å². The molecule has 0 saturated heterocycles. The normalized spacial score (nSPS) is 11.2. The molecule has 0 N–H and O–H groups in total. The lowest BCUT2D eigenvalue weighted by Gasteiger charge is -2.13. The maximum atomic E-state index is 12.3. The third-order valence-electron chi connectivity index (χ3n) is 2.35. The van der Waals surface area contributed by atoms with E-state index in [0.717, 1.165) is 6.07 Å². The number of aromatic nitrogens is 1. The molecule has 0 aliphatic carbocycles. The molecule has 0 unspecified atom stereocenters. The standard InChI is InChI=1S/C13H7ClF3NO2/c14-9-4-1-5-10(20-13(15,16)17)11(9)12(19)8-3-2-6-18-7-8/h1-7H. The highest BCUT2D eigenvalue weighted by Crippen LogP contribution is 2.32. The second-order valence-corrected chi connectivity index (χ2v) is 4.14. The molecule has 2 rings (SSSR count). The SMILES string of the molecule is O=C(c1cccnc1)c1c(Cl)cccc1OC(F)(F)F. The van der Waals surface area contributed by atoms with Gasteiger partial charge in [0.25, 0.3) is 0 Å². The van der Waals surface area contributed by atoms with Crippen molar-refractivity contribution in [1.82, 2.24) is 4.98 Å². The zero-order chi connectivity index (χ0) is 14.8. The molecule has 0 fully saturated rings. The molecular formula is C13H7ClF3NO2. The van der Waals surface area contributed by atoms with Crippen molar-refractivity contribution in [1.29, 1.82) is 0 Å². The number of ketones is 1. The van der Waals surface area contributed by atoms with Gasteiger partial charge < -0.3 is 4.74 Å². The third-order valence-corrected chi connectivity index (χ3v) is 2.67. The lowest BCUT2D eigenvalue weighted by atomic mass is 10.0. The van der Waals surface area contributed by atoms with Crippen LogP contribution >= 0.6 is 11.6 Å². The summed E-state index contributed by atoms with van der Waals surface area (Å²) in [5.41, 5.74) is -0.230. The molecule has 1 heterocycles. The smallest absolute Gasteiger partial charge is 0.405 e. The number of benzene rings is 1. The number of ether oxygens (including phenoxy) is 1. The van der Waals surface area contributed by atoms with Crippen molar-refractivity contribution in [3.05, 3.63) is 58.9 Å². The summed E-state index contributed by atoms with van der Waals surface area (Å²) in [5, 5.41) is -0.124. The Morgan fingerprint density at radius 3 is 2.55 bits per heavy atom. The van der Waals surface area contributed by atoms with Gasteiger partial charge in [-0.05, 0) is 24.3 Å². The Morgan fingerprint density at radius 2 is 1.95 bits per heavy atom. The Morgan fingerprint density at radius 1 is 1.20 bits per heavy atom. The predicted octanol–water partition coefficient (Wildman–Crippen LogP) is 3.86. The van der Waals surface area contributed by atoms with E-state index in [1.807, 2.05) is 0 Å². The molecule has 0 radical (unpaired) electrons. The van der Waals surface area contributed by atoms with Crippen LogP contribution in [-0.2, 0) is 0 Å². The first kappa shape index (κ1) is 14.3. The first-order valence-corrected chi connectivity index (χ1v) is 5.75. The summed E-state index contributed by atoms with van der Waals surface area (Å²) in [4.78, 5) is 15.9. The van der Waals surface area contributed by atoms with Crippen LogP contribution in [0.15, 0.2) is 42.7 Å². The molecule has 1 aromatic heterocycles. The minimum Gasteiger partial charge on any atom is -0.405 e. The van der Waals surface area contributed by atoms with Crippen molar-refractivity contribution < 1.29 is 22.7 Å². The van der Waals surface area contributed by atoms with Gasteiger partial charge >= 0.3 is 6.36 Å². The fourth-order valence-electron chi connectivity index (χ4n) is 1.58. The van der Waals surface area contributed by atoms with E-state index < -0.39 is 17.9 Å². The van der Waals surface area contributed by atoms with Gasteiger partial charge in [0.05, 0.1) is 10.6 Å². The van der Waals surface area contributed by atoms with Crippen molar-refractivity contribution >= 4 is 17.4 Å². The first-order valence-electron chi connectivity index (χ1n) is 5.37. The summed E-state index contributed by atoms with van der Waals surface area (Å²) < 4.78 is 40.8. The molecule has 0 amide bonds. The van der Waals surface area contributed by atoms with Crippen molar-refractivity contribution in [3.8, 4) is 5.75 Å². The minimum absolute atomic E-state index is 0.118. The summed E-state index contributed by atoms with van der Waals surface area (Å²) in [5.74, 6) is -1.33. The highest BCUT2D eigenvalue weighted by molar-refractivity contribution is 6.35. The van der Waals surface area contributed by atoms with Crippen molar-refractivity contribution in [2.45, 2.75) is 6.36 Å². The lowest BCUT2D eigenvalue weighted by Crippen LogP contribution is -2.19. The molecule has 0 aliphatic rings. The minimum atomic E-state index is -4.91. The number of hydrogen-bond acceptors (Lipinski definition) is 3. The molecule has 0 saturated carbocycles. The van der Waals surface area contributed by atoms with Crippen molar-refractivity contribution in [2.24, 2.45) is 0 Å². The Balaban J connectivity index is 2.48. The van der Waals surface area contributed by atoms with Gasteiger partial charge in [0.1, 0.15) is 5.75 Å². The van der Waals surface area contributed by atoms with Crippen LogP contribution in [-0.4, -0.2) is 17.1 Å². The Hall–Kier alpha value is -2.08. The van der Waals surface area contributed by atoms with Gasteiger partial charge in [-0.2, -0.15) is 0 Å². The number of hydrogen-bond donors (Lipinski definition) is 0. The van der Waals surface area contributed by atoms with Crippen LogP contribution < -0.4 is 4.74 Å². The zero-order valence-corrected chi connectivity index (χ0v) is 10.6. The number of pyridine rings is 1. The third kappa shape index (κ3) is 3.27. The van der Waals surface area contributed by atoms with E-state index in [0.29, 0.717) is 0 Å². The van der Waals surface area contributed by atoms with E-state index in [2.05, 4.69) is 9.72 Å². The van der Waals surface area contributed by atoms with Crippen LogP contribution in [0, 0.1) is 0 Å².